The zero-order chi connectivity index (χ0) is 24.4. The Bertz CT molecular complexity index is 1200. The van der Waals surface area contributed by atoms with Gasteiger partial charge in [0.1, 0.15) is 16.9 Å². The second-order valence-electron chi connectivity index (χ2n) is 8.28. The summed E-state index contributed by atoms with van der Waals surface area (Å²) in [5.74, 6) is 0.0579. The molecule has 1 saturated heterocycles. The number of rotatable bonds is 5. The molecule has 1 aromatic heterocycles. The predicted molar refractivity (Wildman–Crippen MR) is 130 cm³/mol. The van der Waals surface area contributed by atoms with Crippen LogP contribution in [0.5, 0.6) is 5.75 Å². The van der Waals surface area contributed by atoms with E-state index in [1.807, 2.05) is 37.3 Å². The molecular formula is C26H27ClFN3O3. The van der Waals surface area contributed by atoms with Gasteiger partial charge in [0.2, 0.25) is 5.91 Å². The van der Waals surface area contributed by atoms with E-state index in [1.165, 1.54) is 6.07 Å². The van der Waals surface area contributed by atoms with Crippen LogP contribution in [0.3, 0.4) is 0 Å². The van der Waals surface area contributed by atoms with E-state index in [0.29, 0.717) is 54.6 Å². The summed E-state index contributed by atoms with van der Waals surface area (Å²) in [6.45, 7) is 5.16. The average molecular weight is 484 g/mol. The van der Waals surface area contributed by atoms with E-state index in [4.69, 9.17) is 16.3 Å². The number of benzene rings is 2. The van der Waals surface area contributed by atoms with Gasteiger partial charge in [0.05, 0.1) is 24.1 Å². The van der Waals surface area contributed by atoms with Crippen LogP contribution in [0.15, 0.2) is 54.6 Å². The fraction of sp³-hybridized carbons (Fsp3) is 0.308. The lowest BCUT2D eigenvalue weighted by Crippen LogP contribution is -2.52. The van der Waals surface area contributed by atoms with Gasteiger partial charge in [0.15, 0.2) is 0 Å². The Morgan fingerprint density at radius 1 is 1.00 bits per heavy atom. The van der Waals surface area contributed by atoms with E-state index in [0.717, 1.165) is 5.56 Å². The number of hydrogen-bond acceptors (Lipinski definition) is 3. The fourth-order valence-electron chi connectivity index (χ4n) is 4.29. The molecule has 1 fully saturated rings. The Balaban J connectivity index is 1.70. The highest BCUT2D eigenvalue weighted by molar-refractivity contribution is 6.30. The average Bonchev–Trinajstić information content (AvgIpc) is 3.20. The molecule has 1 atom stereocenters. The third kappa shape index (κ3) is 4.53. The van der Waals surface area contributed by atoms with Crippen LogP contribution in [0.1, 0.15) is 23.0 Å². The van der Waals surface area contributed by atoms with E-state index in [1.54, 1.807) is 46.6 Å². The third-order valence-electron chi connectivity index (χ3n) is 6.18. The lowest BCUT2D eigenvalue weighted by Gasteiger charge is -2.35. The molecule has 178 valence electrons. The van der Waals surface area contributed by atoms with Gasteiger partial charge in [0, 0.05) is 31.9 Å². The number of hydrogen-bond donors (Lipinski definition) is 0. The third-order valence-corrected chi connectivity index (χ3v) is 6.36. The van der Waals surface area contributed by atoms with Crippen LogP contribution < -0.4 is 4.74 Å². The molecule has 6 nitrogen and oxygen atoms in total. The van der Waals surface area contributed by atoms with Crippen LogP contribution in [0, 0.1) is 12.7 Å². The highest BCUT2D eigenvalue weighted by Gasteiger charge is 2.29. The van der Waals surface area contributed by atoms with E-state index < -0.39 is 5.38 Å². The summed E-state index contributed by atoms with van der Waals surface area (Å²) < 4.78 is 21.9. The van der Waals surface area contributed by atoms with Gasteiger partial charge < -0.3 is 19.1 Å². The van der Waals surface area contributed by atoms with Gasteiger partial charge in [-0.2, -0.15) is 0 Å². The van der Waals surface area contributed by atoms with Crippen molar-refractivity contribution in [2.45, 2.75) is 19.2 Å². The minimum absolute atomic E-state index is 0.127. The molecule has 1 aliphatic heterocycles. The van der Waals surface area contributed by atoms with Crippen molar-refractivity contribution >= 4 is 23.4 Å². The van der Waals surface area contributed by atoms with Crippen LogP contribution in [0.2, 0.25) is 0 Å². The first kappa shape index (κ1) is 23.8. The number of halogens is 2. The molecular weight excluding hydrogens is 457 g/mol. The zero-order valence-corrected chi connectivity index (χ0v) is 20.2. The molecule has 0 N–H and O–H groups in total. The number of aromatic nitrogens is 1. The molecule has 34 heavy (non-hydrogen) atoms. The van der Waals surface area contributed by atoms with Crippen LogP contribution in [-0.4, -0.2) is 64.8 Å². The summed E-state index contributed by atoms with van der Waals surface area (Å²) >= 11 is 5.93. The smallest absolute Gasteiger partial charge is 0.255 e. The van der Waals surface area contributed by atoms with E-state index in [-0.39, 0.29) is 17.6 Å². The fourth-order valence-corrected chi connectivity index (χ4v) is 4.43. The highest BCUT2D eigenvalue weighted by atomic mass is 35.5. The Kier molecular flexibility index (Phi) is 6.93. The number of ether oxygens (including phenoxy) is 1. The SMILES string of the molecule is COc1ccc(-c2cc(C(=O)N3CCN(C(=O)C(C)Cl)CC3)c(C)n2-c2ccccc2F)cc1. The van der Waals surface area contributed by atoms with E-state index in [9.17, 15) is 14.0 Å². The van der Waals surface area contributed by atoms with Crippen molar-refractivity contribution in [3.05, 3.63) is 71.7 Å². The Labute approximate surface area is 203 Å². The van der Waals surface area contributed by atoms with Gasteiger partial charge >= 0.3 is 0 Å². The number of piperazine rings is 1. The van der Waals surface area contributed by atoms with Crippen LogP contribution in [0.4, 0.5) is 4.39 Å². The molecule has 0 saturated carbocycles. The van der Waals surface area contributed by atoms with Crippen molar-refractivity contribution in [1.29, 1.82) is 0 Å². The second-order valence-corrected chi connectivity index (χ2v) is 8.93. The van der Waals surface area contributed by atoms with Gasteiger partial charge in [-0.05, 0) is 61.9 Å². The normalized spacial score (nSPS) is 14.7. The van der Waals surface area contributed by atoms with Crippen molar-refractivity contribution in [2.75, 3.05) is 33.3 Å². The largest absolute Gasteiger partial charge is 0.497 e. The van der Waals surface area contributed by atoms with Crippen molar-refractivity contribution < 1.29 is 18.7 Å². The number of methoxy groups -OCH3 is 1. The first-order valence-electron chi connectivity index (χ1n) is 11.2. The van der Waals surface area contributed by atoms with Crippen molar-refractivity contribution in [2.24, 2.45) is 0 Å². The quantitative estimate of drug-likeness (QED) is 0.502. The van der Waals surface area contributed by atoms with Gasteiger partial charge in [-0.15, -0.1) is 11.6 Å². The minimum atomic E-state index is -0.591. The zero-order valence-electron chi connectivity index (χ0n) is 19.4. The summed E-state index contributed by atoms with van der Waals surface area (Å²) in [5, 5.41) is -0.591. The Morgan fingerprint density at radius 3 is 2.21 bits per heavy atom. The number of amides is 2. The topological polar surface area (TPSA) is 54.8 Å². The molecule has 8 heteroatoms. The number of carbonyl (C=O) groups is 2. The van der Waals surface area contributed by atoms with Gasteiger partial charge in [-0.1, -0.05) is 12.1 Å². The maximum atomic E-state index is 14.8. The van der Waals surface area contributed by atoms with E-state index >= 15 is 0 Å². The van der Waals surface area contributed by atoms with Crippen molar-refractivity contribution in [1.82, 2.24) is 14.4 Å². The monoisotopic (exact) mass is 483 g/mol. The first-order valence-corrected chi connectivity index (χ1v) is 11.6. The predicted octanol–water partition coefficient (Wildman–Crippen LogP) is 4.51. The first-order chi connectivity index (χ1) is 16.3. The summed E-state index contributed by atoms with van der Waals surface area (Å²) in [7, 11) is 1.60. The molecule has 0 bridgehead atoms. The number of carbonyl (C=O) groups excluding carboxylic acids is 2. The lowest BCUT2D eigenvalue weighted by atomic mass is 10.1. The summed E-state index contributed by atoms with van der Waals surface area (Å²) in [6, 6.07) is 15.8. The molecule has 3 aromatic rings. The number of nitrogens with zero attached hydrogens (tertiary/aromatic N) is 3. The Hall–Kier alpha value is -3.32. The molecule has 0 radical (unpaired) electrons. The maximum Gasteiger partial charge on any atom is 0.255 e. The lowest BCUT2D eigenvalue weighted by molar-refractivity contribution is -0.131. The standard InChI is InChI=1S/C26H27ClFN3O3/c1-17(27)25(32)29-12-14-30(15-13-29)26(33)21-16-24(19-8-10-20(34-3)11-9-19)31(18(21)2)23-7-5-4-6-22(23)28/h4-11,16-17H,12-15H2,1-3H3. The number of alkyl halides is 1. The minimum Gasteiger partial charge on any atom is -0.497 e. The van der Waals surface area contributed by atoms with Gasteiger partial charge in [-0.3, -0.25) is 9.59 Å². The second kappa shape index (κ2) is 9.89. The molecule has 2 amide bonds. The summed E-state index contributed by atoms with van der Waals surface area (Å²) in [6.07, 6.45) is 0. The molecule has 2 heterocycles. The number of para-hydroxylation sites is 1. The molecule has 1 aliphatic rings. The van der Waals surface area contributed by atoms with Crippen molar-refractivity contribution in [3.63, 3.8) is 0 Å². The van der Waals surface area contributed by atoms with Gasteiger partial charge in [-0.25, -0.2) is 4.39 Å². The molecule has 0 spiro atoms. The van der Waals surface area contributed by atoms with Crippen LogP contribution in [0.25, 0.3) is 16.9 Å². The van der Waals surface area contributed by atoms with Crippen LogP contribution >= 0.6 is 11.6 Å². The Morgan fingerprint density at radius 2 is 1.62 bits per heavy atom. The summed E-state index contributed by atoms with van der Waals surface area (Å²) in [4.78, 5) is 29.1. The maximum absolute atomic E-state index is 14.8. The molecule has 4 rings (SSSR count). The van der Waals surface area contributed by atoms with Crippen LogP contribution in [-0.2, 0) is 4.79 Å². The molecule has 2 aromatic carbocycles. The van der Waals surface area contributed by atoms with Crippen molar-refractivity contribution in [3.8, 4) is 22.7 Å². The molecule has 1 unspecified atom stereocenters. The summed E-state index contributed by atoms with van der Waals surface area (Å²) in [5.41, 5.74) is 3.06. The molecule has 0 aliphatic carbocycles. The van der Waals surface area contributed by atoms with E-state index in [2.05, 4.69) is 0 Å². The van der Waals surface area contributed by atoms with Gasteiger partial charge in [0.25, 0.3) is 5.91 Å². The highest BCUT2D eigenvalue weighted by Crippen LogP contribution is 2.32.